The molecule has 0 spiro atoms. The Morgan fingerprint density at radius 2 is 2.11 bits per heavy atom. The number of methoxy groups -OCH3 is 1. The highest BCUT2D eigenvalue weighted by molar-refractivity contribution is 5.90. The lowest BCUT2D eigenvalue weighted by atomic mass is 9.55. The number of likely N-dealkylation sites (tertiary alicyclic amines) is 1. The highest BCUT2D eigenvalue weighted by Crippen LogP contribution is 2.51. The van der Waals surface area contributed by atoms with Crippen molar-refractivity contribution in [1.29, 1.82) is 0 Å². The molecule has 1 aromatic carbocycles. The van der Waals surface area contributed by atoms with Crippen molar-refractivity contribution in [3.63, 3.8) is 0 Å². The lowest BCUT2D eigenvalue weighted by Crippen LogP contribution is -2.70. The molecule has 0 radical (unpaired) electrons. The van der Waals surface area contributed by atoms with E-state index in [1.807, 2.05) is 25.2 Å². The third-order valence-corrected chi connectivity index (χ3v) is 6.11. The molecule has 2 unspecified atom stereocenters. The maximum Gasteiger partial charge on any atom is 0.331 e. The summed E-state index contributed by atoms with van der Waals surface area (Å²) in [5, 5.41) is 20.2. The van der Waals surface area contributed by atoms with Crippen LogP contribution in [-0.4, -0.2) is 66.0 Å². The minimum Gasteiger partial charge on any atom is -0.497 e. The molecular formula is C20H25NO6. The second kappa shape index (κ2) is 6.98. The van der Waals surface area contributed by atoms with E-state index < -0.39 is 23.0 Å². The summed E-state index contributed by atoms with van der Waals surface area (Å²) >= 11 is 0. The summed E-state index contributed by atoms with van der Waals surface area (Å²) in [7, 11) is 3.57. The van der Waals surface area contributed by atoms with E-state index in [9.17, 15) is 14.7 Å². The maximum atomic E-state index is 12.0. The molecule has 1 heterocycles. The van der Waals surface area contributed by atoms with Gasteiger partial charge < -0.3 is 24.6 Å². The van der Waals surface area contributed by atoms with Gasteiger partial charge in [0.25, 0.3) is 0 Å². The molecule has 1 aromatic rings. The number of carboxylic acid groups (broad SMARTS) is 1. The van der Waals surface area contributed by atoms with Crippen LogP contribution in [0.25, 0.3) is 0 Å². The number of carbonyl (C=O) groups is 2. The van der Waals surface area contributed by atoms with E-state index in [0.717, 1.165) is 29.8 Å². The minimum atomic E-state index is -1.22. The SMILES string of the molecule is COc1ccc2c(c1)C1(COC(=O)/C=C/C(=O)O)CCN(C)C(C2)[C@@]1(C)O. The Hall–Kier alpha value is -2.38. The summed E-state index contributed by atoms with van der Waals surface area (Å²) in [6.07, 6.45) is 2.92. The first kappa shape index (κ1) is 19.4. The van der Waals surface area contributed by atoms with Crippen molar-refractivity contribution in [2.24, 2.45) is 0 Å². The molecular weight excluding hydrogens is 350 g/mol. The summed E-state index contributed by atoms with van der Waals surface area (Å²) in [4.78, 5) is 24.7. The average molecular weight is 375 g/mol. The lowest BCUT2D eigenvalue weighted by Gasteiger charge is -2.59. The van der Waals surface area contributed by atoms with E-state index in [2.05, 4.69) is 4.90 Å². The molecule has 0 saturated carbocycles. The van der Waals surface area contributed by atoms with Crippen LogP contribution in [0.5, 0.6) is 5.75 Å². The van der Waals surface area contributed by atoms with E-state index in [1.54, 1.807) is 14.0 Å². The first-order chi connectivity index (χ1) is 12.7. The second-order valence-electron chi connectivity index (χ2n) is 7.48. The van der Waals surface area contributed by atoms with Crippen LogP contribution in [0.3, 0.4) is 0 Å². The van der Waals surface area contributed by atoms with Crippen molar-refractivity contribution in [1.82, 2.24) is 4.90 Å². The fourth-order valence-electron chi connectivity index (χ4n) is 4.48. The molecule has 2 aliphatic rings. The Morgan fingerprint density at radius 3 is 2.78 bits per heavy atom. The molecule has 2 bridgehead atoms. The number of likely N-dealkylation sites (N-methyl/N-ethyl adjacent to an activating group) is 1. The normalized spacial score (nSPS) is 30.0. The van der Waals surface area contributed by atoms with Crippen LogP contribution in [0.15, 0.2) is 30.4 Å². The number of carbonyl (C=O) groups excluding carboxylic acids is 1. The number of aliphatic hydroxyl groups is 1. The third kappa shape index (κ3) is 3.21. The molecule has 7 nitrogen and oxygen atoms in total. The number of aliphatic carboxylic acids is 1. The predicted molar refractivity (Wildman–Crippen MR) is 97.8 cm³/mol. The standard InChI is InChI=1S/C20H25NO6/c1-19(25)16-10-13-4-5-14(26-3)11-15(13)20(19,8-9-21(16)2)12-27-18(24)7-6-17(22)23/h4-7,11,16,25H,8-10,12H2,1-3H3,(H,22,23)/b7-6+/t16?,19-,20?/m1/s1. The monoisotopic (exact) mass is 375 g/mol. The molecule has 0 amide bonds. The van der Waals surface area contributed by atoms with E-state index in [1.165, 1.54) is 0 Å². The smallest absolute Gasteiger partial charge is 0.331 e. The number of piperidine rings is 1. The van der Waals surface area contributed by atoms with Gasteiger partial charge >= 0.3 is 11.9 Å². The molecule has 1 fully saturated rings. The molecule has 0 aromatic heterocycles. The Morgan fingerprint density at radius 1 is 1.37 bits per heavy atom. The van der Waals surface area contributed by atoms with Crippen molar-refractivity contribution in [2.45, 2.75) is 36.8 Å². The van der Waals surface area contributed by atoms with Crippen molar-refractivity contribution in [2.75, 3.05) is 27.3 Å². The molecule has 27 heavy (non-hydrogen) atoms. The van der Waals surface area contributed by atoms with E-state index in [-0.39, 0.29) is 12.6 Å². The Balaban J connectivity index is 2.01. The lowest BCUT2D eigenvalue weighted by molar-refractivity contribution is -0.162. The molecule has 1 saturated heterocycles. The number of hydrogen-bond donors (Lipinski definition) is 2. The van der Waals surface area contributed by atoms with Gasteiger partial charge in [-0.3, -0.25) is 0 Å². The van der Waals surface area contributed by atoms with E-state index in [0.29, 0.717) is 18.6 Å². The zero-order valence-corrected chi connectivity index (χ0v) is 15.8. The topological polar surface area (TPSA) is 96.3 Å². The van der Waals surface area contributed by atoms with Gasteiger partial charge in [0, 0.05) is 18.2 Å². The Bertz CT molecular complexity index is 787. The number of esters is 1. The highest BCUT2D eigenvalue weighted by atomic mass is 16.5. The van der Waals surface area contributed by atoms with E-state index >= 15 is 0 Å². The quantitative estimate of drug-likeness (QED) is 0.588. The van der Waals surface area contributed by atoms with Gasteiger partial charge in [0.2, 0.25) is 0 Å². The van der Waals surface area contributed by atoms with Gasteiger partial charge in [-0.2, -0.15) is 0 Å². The fourth-order valence-corrected chi connectivity index (χ4v) is 4.48. The number of benzene rings is 1. The van der Waals surface area contributed by atoms with Gasteiger partial charge in [-0.05, 0) is 56.6 Å². The summed E-state index contributed by atoms with van der Waals surface area (Å²) in [6, 6.07) is 5.69. The number of ether oxygens (including phenoxy) is 2. The van der Waals surface area contributed by atoms with Crippen molar-refractivity contribution >= 4 is 11.9 Å². The number of hydrogen-bond acceptors (Lipinski definition) is 6. The largest absolute Gasteiger partial charge is 0.497 e. The summed E-state index contributed by atoms with van der Waals surface area (Å²) in [5.41, 5.74) is 0.0945. The summed E-state index contributed by atoms with van der Waals surface area (Å²) in [6.45, 7) is 2.50. The molecule has 146 valence electrons. The van der Waals surface area contributed by atoms with Gasteiger partial charge in [-0.1, -0.05) is 6.07 Å². The number of rotatable bonds is 5. The molecule has 3 rings (SSSR count). The zero-order valence-electron chi connectivity index (χ0n) is 15.8. The van der Waals surface area contributed by atoms with Gasteiger partial charge in [0.1, 0.15) is 12.4 Å². The molecule has 2 N–H and O–H groups in total. The van der Waals surface area contributed by atoms with Crippen molar-refractivity contribution < 1.29 is 29.3 Å². The predicted octanol–water partition coefficient (Wildman–Crippen LogP) is 1.13. The van der Waals surface area contributed by atoms with E-state index in [4.69, 9.17) is 14.6 Å². The van der Waals surface area contributed by atoms with Crippen LogP contribution in [0, 0.1) is 0 Å². The van der Waals surface area contributed by atoms with Crippen LogP contribution in [0.2, 0.25) is 0 Å². The molecule has 1 aliphatic carbocycles. The minimum absolute atomic E-state index is 0.0344. The molecule has 1 aliphatic heterocycles. The Labute approximate surface area is 158 Å². The van der Waals surface area contributed by atoms with Crippen LogP contribution >= 0.6 is 0 Å². The maximum absolute atomic E-state index is 12.0. The second-order valence-corrected chi connectivity index (χ2v) is 7.48. The van der Waals surface area contributed by atoms with Crippen LogP contribution < -0.4 is 4.74 Å². The van der Waals surface area contributed by atoms with Crippen molar-refractivity contribution in [3.8, 4) is 5.75 Å². The van der Waals surface area contributed by atoms with Crippen LogP contribution in [0.4, 0.5) is 0 Å². The highest BCUT2D eigenvalue weighted by Gasteiger charge is 2.60. The number of fused-ring (bicyclic) bond motifs is 4. The molecule has 7 heteroatoms. The van der Waals surface area contributed by atoms with Gasteiger partial charge in [-0.15, -0.1) is 0 Å². The summed E-state index contributed by atoms with van der Waals surface area (Å²) in [5.74, 6) is -1.28. The average Bonchev–Trinajstić information content (AvgIpc) is 2.62. The van der Waals surface area contributed by atoms with Crippen molar-refractivity contribution in [3.05, 3.63) is 41.5 Å². The number of nitrogens with zero attached hydrogens (tertiary/aromatic N) is 1. The number of carboxylic acids is 1. The van der Waals surface area contributed by atoms with Gasteiger partial charge in [0.15, 0.2) is 0 Å². The summed E-state index contributed by atoms with van der Waals surface area (Å²) < 4.78 is 10.8. The first-order valence-electron chi connectivity index (χ1n) is 8.89. The third-order valence-electron chi connectivity index (χ3n) is 6.11. The first-order valence-corrected chi connectivity index (χ1v) is 8.89. The van der Waals surface area contributed by atoms with Crippen LogP contribution in [-0.2, 0) is 26.2 Å². The molecule has 3 atom stereocenters. The Kier molecular flexibility index (Phi) is 5.01. The van der Waals surface area contributed by atoms with Crippen LogP contribution in [0.1, 0.15) is 24.5 Å². The zero-order chi connectivity index (χ0) is 19.8. The van der Waals surface area contributed by atoms with Gasteiger partial charge in [0.05, 0.1) is 18.1 Å². The van der Waals surface area contributed by atoms with Gasteiger partial charge in [-0.25, -0.2) is 9.59 Å². The fraction of sp³-hybridized carbons (Fsp3) is 0.500.